The molecule has 2 nitrogen and oxygen atoms in total. The minimum absolute atomic E-state index is 0.795. The monoisotopic (exact) mass is 225 g/mol. The molecule has 0 atom stereocenters. The van der Waals surface area contributed by atoms with Crippen molar-refractivity contribution in [2.24, 2.45) is 0 Å². The number of rotatable bonds is 2. The summed E-state index contributed by atoms with van der Waals surface area (Å²) in [6.45, 7) is 0. The fraction of sp³-hybridized carbons (Fsp3) is 0.200. The van der Waals surface area contributed by atoms with Crippen molar-refractivity contribution in [3.05, 3.63) is 47.5 Å². The minimum Gasteiger partial charge on any atom is -0.497 e. The summed E-state index contributed by atoms with van der Waals surface area (Å²) in [5.41, 5.74) is 5.03. The van der Waals surface area contributed by atoms with E-state index < -0.39 is 0 Å². The summed E-state index contributed by atoms with van der Waals surface area (Å²) < 4.78 is 10.5. The molecule has 1 aliphatic rings. The zero-order chi connectivity index (χ0) is 11.8. The highest BCUT2D eigenvalue weighted by molar-refractivity contribution is 5.77. The van der Waals surface area contributed by atoms with Crippen molar-refractivity contribution in [1.29, 1.82) is 0 Å². The van der Waals surface area contributed by atoms with E-state index in [4.69, 9.17) is 9.47 Å². The maximum absolute atomic E-state index is 5.25. The zero-order valence-electron chi connectivity index (χ0n) is 9.91. The first-order chi connectivity index (χ1) is 8.31. The number of fused-ring (bicyclic) bond motifs is 3. The lowest BCUT2D eigenvalue weighted by atomic mass is 10.1. The summed E-state index contributed by atoms with van der Waals surface area (Å²) in [6, 6.07) is 13.6. The molecule has 85 valence electrons. The van der Waals surface area contributed by atoms with E-state index >= 15 is 0 Å². The predicted octanol–water partition coefficient (Wildman–Crippen LogP) is 3.08. The van der Waals surface area contributed by atoms with Gasteiger partial charge >= 0.3 is 0 Å². The quantitative estimate of drug-likeness (QED) is 0.667. The standard InChI is InChI=1S/C15H13O2/c1-16-12-3-5-14-10(8-12)7-11-9-13(17-2)4-6-15(11)14/h3-6,8H,7H2,1-2H3. The van der Waals surface area contributed by atoms with Crippen LogP contribution >= 0.6 is 0 Å². The number of ether oxygens (including phenoxy) is 2. The maximum atomic E-state index is 5.25. The average Bonchev–Trinajstić information content (AvgIpc) is 2.74. The van der Waals surface area contributed by atoms with Crippen LogP contribution in [-0.2, 0) is 6.42 Å². The van der Waals surface area contributed by atoms with Crippen molar-refractivity contribution in [3.63, 3.8) is 0 Å². The molecule has 0 saturated carbocycles. The van der Waals surface area contributed by atoms with Gasteiger partial charge in [-0.3, -0.25) is 0 Å². The van der Waals surface area contributed by atoms with Crippen LogP contribution in [0.3, 0.4) is 0 Å². The first-order valence-corrected chi connectivity index (χ1v) is 5.58. The normalized spacial score (nSPS) is 11.9. The van der Waals surface area contributed by atoms with Gasteiger partial charge in [-0.1, -0.05) is 12.1 Å². The molecular formula is C15H13O2. The first kappa shape index (κ1) is 10.2. The molecule has 0 amide bonds. The van der Waals surface area contributed by atoms with Crippen LogP contribution in [0, 0.1) is 6.07 Å². The summed E-state index contributed by atoms with van der Waals surface area (Å²) in [7, 11) is 3.36. The summed E-state index contributed by atoms with van der Waals surface area (Å²) in [4.78, 5) is 0. The van der Waals surface area contributed by atoms with E-state index in [9.17, 15) is 0 Å². The molecule has 2 aromatic carbocycles. The Morgan fingerprint density at radius 3 is 2.59 bits per heavy atom. The van der Waals surface area contributed by atoms with E-state index in [0.717, 1.165) is 17.9 Å². The van der Waals surface area contributed by atoms with E-state index in [1.54, 1.807) is 14.2 Å². The summed E-state index contributed by atoms with van der Waals surface area (Å²) in [5.74, 6) is 1.70. The van der Waals surface area contributed by atoms with Crippen molar-refractivity contribution in [3.8, 4) is 22.6 Å². The zero-order valence-corrected chi connectivity index (χ0v) is 9.91. The van der Waals surface area contributed by atoms with E-state index in [2.05, 4.69) is 24.3 Å². The van der Waals surface area contributed by atoms with Gasteiger partial charge in [0.1, 0.15) is 11.5 Å². The SMILES string of the molecule is COc1[c]c2c(cc1)-c1ccc(OC)cc1C2. The summed E-state index contributed by atoms with van der Waals surface area (Å²) in [5, 5.41) is 0. The lowest BCUT2D eigenvalue weighted by molar-refractivity contribution is 0.413. The Morgan fingerprint density at radius 2 is 1.82 bits per heavy atom. The number of hydrogen-bond acceptors (Lipinski definition) is 2. The van der Waals surface area contributed by atoms with Crippen LogP contribution < -0.4 is 9.47 Å². The van der Waals surface area contributed by atoms with Gasteiger partial charge in [-0.25, -0.2) is 0 Å². The Hall–Kier alpha value is -1.96. The second-order valence-corrected chi connectivity index (χ2v) is 4.12. The molecule has 2 heteroatoms. The van der Waals surface area contributed by atoms with Gasteiger partial charge in [0, 0.05) is 6.07 Å². The average molecular weight is 225 g/mol. The lowest BCUT2D eigenvalue weighted by Crippen LogP contribution is -1.86. The molecule has 2 aromatic rings. The van der Waals surface area contributed by atoms with E-state index in [1.807, 2.05) is 12.1 Å². The molecule has 0 saturated heterocycles. The third-order valence-corrected chi connectivity index (χ3v) is 3.19. The second-order valence-electron chi connectivity index (χ2n) is 4.12. The maximum Gasteiger partial charge on any atom is 0.127 e. The molecule has 1 aliphatic carbocycles. The Labute approximate surface area is 101 Å². The van der Waals surface area contributed by atoms with Crippen LogP contribution in [0.15, 0.2) is 30.3 Å². The molecule has 0 fully saturated rings. The molecule has 0 heterocycles. The van der Waals surface area contributed by atoms with E-state index in [0.29, 0.717) is 0 Å². The van der Waals surface area contributed by atoms with Crippen LogP contribution in [0.4, 0.5) is 0 Å². The lowest BCUT2D eigenvalue weighted by Gasteiger charge is -2.04. The van der Waals surface area contributed by atoms with Crippen molar-refractivity contribution < 1.29 is 9.47 Å². The highest BCUT2D eigenvalue weighted by atomic mass is 16.5. The Balaban J connectivity index is 2.10. The number of hydrogen-bond donors (Lipinski definition) is 0. The molecule has 0 unspecified atom stereocenters. The highest BCUT2D eigenvalue weighted by Gasteiger charge is 2.19. The van der Waals surface area contributed by atoms with E-state index in [1.165, 1.54) is 22.3 Å². The largest absolute Gasteiger partial charge is 0.497 e. The predicted molar refractivity (Wildman–Crippen MR) is 66.6 cm³/mol. The van der Waals surface area contributed by atoms with Crippen LogP contribution in [0.5, 0.6) is 11.5 Å². The molecule has 0 bridgehead atoms. The van der Waals surface area contributed by atoms with Gasteiger partial charge in [0.05, 0.1) is 14.2 Å². The fourth-order valence-electron chi connectivity index (χ4n) is 2.32. The Bertz CT molecular complexity index is 522. The van der Waals surface area contributed by atoms with Crippen LogP contribution in [0.25, 0.3) is 11.1 Å². The smallest absolute Gasteiger partial charge is 0.127 e. The number of methoxy groups -OCH3 is 2. The molecular weight excluding hydrogens is 212 g/mol. The Morgan fingerprint density at radius 1 is 1.00 bits per heavy atom. The minimum atomic E-state index is 0.795. The third kappa shape index (κ3) is 1.57. The van der Waals surface area contributed by atoms with E-state index in [-0.39, 0.29) is 0 Å². The van der Waals surface area contributed by atoms with Crippen molar-refractivity contribution >= 4 is 0 Å². The fourth-order valence-corrected chi connectivity index (χ4v) is 2.32. The second kappa shape index (κ2) is 3.81. The first-order valence-electron chi connectivity index (χ1n) is 5.58. The summed E-state index contributed by atoms with van der Waals surface area (Å²) in [6.07, 6.45) is 0.902. The summed E-state index contributed by atoms with van der Waals surface area (Å²) >= 11 is 0. The molecule has 0 spiro atoms. The molecule has 0 aliphatic heterocycles. The van der Waals surface area contributed by atoms with Gasteiger partial charge in [-0.05, 0) is 46.9 Å². The highest BCUT2D eigenvalue weighted by Crippen LogP contribution is 2.39. The topological polar surface area (TPSA) is 18.5 Å². The van der Waals surface area contributed by atoms with Crippen molar-refractivity contribution in [1.82, 2.24) is 0 Å². The van der Waals surface area contributed by atoms with Crippen LogP contribution in [-0.4, -0.2) is 14.2 Å². The molecule has 0 aromatic heterocycles. The molecule has 3 rings (SSSR count). The van der Waals surface area contributed by atoms with Gasteiger partial charge < -0.3 is 9.47 Å². The van der Waals surface area contributed by atoms with Crippen LogP contribution in [0.1, 0.15) is 11.1 Å². The number of benzene rings is 2. The van der Waals surface area contributed by atoms with Crippen LogP contribution in [0.2, 0.25) is 0 Å². The third-order valence-electron chi connectivity index (χ3n) is 3.19. The van der Waals surface area contributed by atoms with Gasteiger partial charge in [-0.15, -0.1) is 0 Å². The van der Waals surface area contributed by atoms with Crippen molar-refractivity contribution in [2.75, 3.05) is 14.2 Å². The Kier molecular flexibility index (Phi) is 2.29. The van der Waals surface area contributed by atoms with Crippen molar-refractivity contribution in [2.45, 2.75) is 6.42 Å². The van der Waals surface area contributed by atoms with Gasteiger partial charge in [0.2, 0.25) is 0 Å². The van der Waals surface area contributed by atoms with Gasteiger partial charge in [-0.2, -0.15) is 0 Å². The molecule has 1 radical (unpaired) electrons. The molecule has 0 N–H and O–H groups in total. The van der Waals surface area contributed by atoms with Gasteiger partial charge in [0.15, 0.2) is 0 Å². The van der Waals surface area contributed by atoms with Gasteiger partial charge in [0.25, 0.3) is 0 Å². The molecule has 17 heavy (non-hydrogen) atoms.